The molecule has 2 aromatic heterocycles. The molecule has 2 heterocycles. The molecule has 0 N–H and O–H groups in total. The summed E-state index contributed by atoms with van der Waals surface area (Å²) in [5.41, 5.74) is 1.18. The Morgan fingerprint density at radius 2 is 1.50 bits per heavy atom. The molecule has 2 rings (SSSR count). The van der Waals surface area contributed by atoms with Crippen molar-refractivity contribution in [3.05, 3.63) is 48.3 Å². The van der Waals surface area contributed by atoms with Crippen LogP contribution in [0, 0.1) is 13.8 Å². The lowest BCUT2D eigenvalue weighted by Gasteiger charge is -1.69. The van der Waals surface area contributed by atoms with Gasteiger partial charge in [-0.05, 0) is 37.6 Å². The van der Waals surface area contributed by atoms with Crippen molar-refractivity contribution < 1.29 is 8.83 Å². The van der Waals surface area contributed by atoms with E-state index in [-0.39, 0.29) is 0 Å². The summed E-state index contributed by atoms with van der Waals surface area (Å²) in [6.07, 6.45) is 5.03. The topological polar surface area (TPSA) is 26.3 Å². The third-order valence-electron chi connectivity index (χ3n) is 1.33. The van der Waals surface area contributed by atoms with Gasteiger partial charge in [-0.3, -0.25) is 0 Å². The Morgan fingerprint density at radius 3 is 1.62 bits per heavy atom. The van der Waals surface area contributed by atoms with E-state index < -0.39 is 0 Å². The summed E-state index contributed by atoms with van der Waals surface area (Å²) in [6.45, 7) is 11.9. The summed E-state index contributed by atoms with van der Waals surface area (Å²) < 4.78 is 9.55. The molecule has 0 atom stereocenters. The smallest absolute Gasteiger partial charge is 0.100 e. The molecule has 2 nitrogen and oxygen atoms in total. The Balaban J connectivity index is 0. The highest BCUT2D eigenvalue weighted by Crippen LogP contribution is 1.93. The molecule has 0 aliphatic heterocycles. The summed E-state index contributed by atoms with van der Waals surface area (Å²) in [5, 5.41) is 0. The van der Waals surface area contributed by atoms with E-state index in [1.54, 1.807) is 18.8 Å². The first-order valence-electron chi connectivity index (χ1n) is 5.78. The predicted octanol–water partition coefficient (Wildman–Crippen LogP) is 5.23. The van der Waals surface area contributed by atoms with Crippen molar-refractivity contribution in [3.8, 4) is 0 Å². The Bertz CT molecular complexity index is 248. The first-order chi connectivity index (χ1) is 7.79. The van der Waals surface area contributed by atoms with Crippen molar-refractivity contribution >= 4 is 0 Å². The van der Waals surface area contributed by atoms with Crippen LogP contribution in [0.1, 0.15) is 39.0 Å². The van der Waals surface area contributed by atoms with Gasteiger partial charge in [-0.1, -0.05) is 27.7 Å². The zero-order valence-corrected chi connectivity index (χ0v) is 11.3. The molecular weight excluding hydrogens is 200 g/mol. The van der Waals surface area contributed by atoms with Crippen molar-refractivity contribution in [2.45, 2.75) is 41.5 Å². The lowest BCUT2D eigenvalue weighted by atomic mass is 10.4. The zero-order valence-electron chi connectivity index (χ0n) is 11.3. The normalized spacial score (nSPS) is 7.38. The molecule has 0 saturated carbocycles. The van der Waals surface area contributed by atoms with Crippen LogP contribution in [-0.2, 0) is 0 Å². The summed E-state index contributed by atoms with van der Waals surface area (Å²) in [6, 6.07) is 5.70. The highest BCUT2D eigenvalue weighted by Gasteiger charge is 1.76. The monoisotopic (exact) mass is 224 g/mol. The molecule has 2 aromatic rings. The van der Waals surface area contributed by atoms with Gasteiger partial charge in [-0.2, -0.15) is 0 Å². The third kappa shape index (κ3) is 10.6. The SMILES string of the molecule is CC.CC.Cc1ccco1.Cc1ccoc1. The van der Waals surface area contributed by atoms with Crippen LogP contribution < -0.4 is 0 Å². The van der Waals surface area contributed by atoms with Crippen molar-refractivity contribution in [1.29, 1.82) is 0 Å². The van der Waals surface area contributed by atoms with Gasteiger partial charge in [0.05, 0.1) is 18.8 Å². The fourth-order valence-electron chi connectivity index (χ4n) is 0.693. The summed E-state index contributed by atoms with van der Waals surface area (Å²) in [7, 11) is 0. The van der Waals surface area contributed by atoms with Crippen molar-refractivity contribution in [2.24, 2.45) is 0 Å². The Labute approximate surface area is 99.3 Å². The average molecular weight is 224 g/mol. The van der Waals surface area contributed by atoms with Gasteiger partial charge >= 0.3 is 0 Å². The molecule has 0 amide bonds. The van der Waals surface area contributed by atoms with Crippen LogP contribution in [0.25, 0.3) is 0 Å². The minimum Gasteiger partial charge on any atom is -0.472 e. The van der Waals surface area contributed by atoms with E-state index in [0.717, 1.165) is 5.76 Å². The van der Waals surface area contributed by atoms with Crippen LogP contribution in [0.5, 0.6) is 0 Å². The van der Waals surface area contributed by atoms with Crippen LogP contribution in [-0.4, -0.2) is 0 Å². The van der Waals surface area contributed by atoms with E-state index in [4.69, 9.17) is 8.83 Å². The van der Waals surface area contributed by atoms with Crippen LogP contribution in [0.2, 0.25) is 0 Å². The molecule has 0 aliphatic carbocycles. The zero-order chi connectivity index (χ0) is 12.8. The number of furan rings is 2. The van der Waals surface area contributed by atoms with E-state index in [0.29, 0.717) is 0 Å². The third-order valence-corrected chi connectivity index (χ3v) is 1.33. The van der Waals surface area contributed by atoms with Gasteiger partial charge in [0.2, 0.25) is 0 Å². The average Bonchev–Trinajstić information content (AvgIpc) is 2.98. The number of aryl methyl sites for hydroxylation is 2. The van der Waals surface area contributed by atoms with Gasteiger partial charge in [-0.15, -0.1) is 0 Å². The maximum Gasteiger partial charge on any atom is 0.100 e. The molecule has 16 heavy (non-hydrogen) atoms. The van der Waals surface area contributed by atoms with Crippen LogP contribution in [0.15, 0.2) is 45.8 Å². The van der Waals surface area contributed by atoms with Gasteiger partial charge in [0.25, 0.3) is 0 Å². The van der Waals surface area contributed by atoms with Gasteiger partial charge in [0.1, 0.15) is 5.76 Å². The molecule has 0 unspecified atom stereocenters. The Kier molecular flexibility index (Phi) is 14.4. The number of hydrogen-bond donors (Lipinski definition) is 0. The maximum atomic E-state index is 4.83. The maximum absolute atomic E-state index is 4.83. The molecule has 0 fully saturated rings. The molecule has 0 saturated heterocycles. The van der Waals surface area contributed by atoms with Gasteiger partial charge in [-0.25, -0.2) is 0 Å². The summed E-state index contributed by atoms with van der Waals surface area (Å²) in [4.78, 5) is 0. The molecule has 0 radical (unpaired) electrons. The van der Waals surface area contributed by atoms with E-state index in [2.05, 4.69) is 0 Å². The Morgan fingerprint density at radius 1 is 0.875 bits per heavy atom. The lowest BCUT2D eigenvalue weighted by molar-refractivity contribution is 0.534. The molecule has 0 aliphatic rings. The molecule has 92 valence electrons. The van der Waals surface area contributed by atoms with Crippen molar-refractivity contribution in [2.75, 3.05) is 0 Å². The van der Waals surface area contributed by atoms with Crippen molar-refractivity contribution in [1.82, 2.24) is 0 Å². The molecular formula is C14H24O2. The first-order valence-corrected chi connectivity index (χ1v) is 5.78. The molecule has 0 bridgehead atoms. The molecule has 0 aromatic carbocycles. The molecule has 2 heteroatoms. The second-order valence-electron chi connectivity index (χ2n) is 2.52. The quantitative estimate of drug-likeness (QED) is 0.612. The summed E-state index contributed by atoms with van der Waals surface area (Å²) in [5.74, 6) is 0.968. The minimum atomic E-state index is 0.968. The fraction of sp³-hybridized carbons (Fsp3) is 0.429. The number of hydrogen-bond acceptors (Lipinski definition) is 2. The second kappa shape index (κ2) is 13.6. The van der Waals surface area contributed by atoms with E-state index >= 15 is 0 Å². The highest BCUT2D eigenvalue weighted by molar-refractivity contribution is 5.00. The van der Waals surface area contributed by atoms with Crippen molar-refractivity contribution in [3.63, 3.8) is 0 Å². The summed E-state index contributed by atoms with van der Waals surface area (Å²) >= 11 is 0. The Hall–Kier alpha value is -1.44. The van der Waals surface area contributed by atoms with Crippen LogP contribution in [0.3, 0.4) is 0 Å². The fourth-order valence-corrected chi connectivity index (χ4v) is 0.693. The second-order valence-corrected chi connectivity index (χ2v) is 2.52. The lowest BCUT2D eigenvalue weighted by Crippen LogP contribution is -1.48. The first kappa shape index (κ1) is 17.0. The van der Waals surface area contributed by atoms with Gasteiger partial charge < -0.3 is 8.83 Å². The van der Waals surface area contributed by atoms with Crippen LogP contribution >= 0.6 is 0 Å². The van der Waals surface area contributed by atoms with E-state index in [1.807, 2.05) is 59.7 Å². The largest absolute Gasteiger partial charge is 0.472 e. The number of rotatable bonds is 0. The standard InChI is InChI=1S/2C5H6O.2C2H6/c1-5-2-3-6-4-5;1-5-3-2-4-6-5;2*1-2/h2*2-4H,1H3;2*1-2H3. The van der Waals surface area contributed by atoms with Gasteiger partial charge in [0, 0.05) is 0 Å². The van der Waals surface area contributed by atoms with Crippen LogP contribution in [0.4, 0.5) is 0 Å². The highest BCUT2D eigenvalue weighted by atomic mass is 16.3. The predicted molar refractivity (Wildman–Crippen MR) is 69.6 cm³/mol. The minimum absolute atomic E-state index is 0.968. The van der Waals surface area contributed by atoms with E-state index in [1.165, 1.54) is 5.56 Å². The van der Waals surface area contributed by atoms with E-state index in [9.17, 15) is 0 Å². The van der Waals surface area contributed by atoms with Gasteiger partial charge in [0.15, 0.2) is 0 Å². The molecule has 0 spiro atoms.